The van der Waals surface area contributed by atoms with Crippen molar-refractivity contribution in [3.8, 4) is 11.1 Å². The second-order valence-corrected chi connectivity index (χ2v) is 8.72. The van der Waals surface area contributed by atoms with E-state index in [1.54, 1.807) is 0 Å². The molecule has 1 atom stereocenters. The van der Waals surface area contributed by atoms with Crippen LogP contribution in [-0.2, 0) is 4.74 Å². The Balaban J connectivity index is 1.35. The number of fused-ring (bicyclic) bond motifs is 3. The summed E-state index contributed by atoms with van der Waals surface area (Å²) in [5.74, 6) is 0.286. The highest BCUT2D eigenvalue weighted by Gasteiger charge is 2.33. The number of benzene rings is 2. The Hall–Kier alpha value is -2.33. The number of carbonyl (C=O) groups excluding carboxylic acids is 1. The minimum Gasteiger partial charge on any atom is -0.449 e. The lowest BCUT2D eigenvalue weighted by Gasteiger charge is -2.32. The fourth-order valence-electron chi connectivity index (χ4n) is 4.95. The van der Waals surface area contributed by atoms with Crippen LogP contribution in [0.5, 0.6) is 0 Å². The Labute approximate surface area is 173 Å². The lowest BCUT2D eigenvalue weighted by molar-refractivity contribution is -0.00678. The van der Waals surface area contributed by atoms with Gasteiger partial charge in [0.2, 0.25) is 0 Å². The second-order valence-electron chi connectivity index (χ2n) is 8.72. The van der Waals surface area contributed by atoms with Crippen LogP contribution in [0.2, 0.25) is 0 Å². The van der Waals surface area contributed by atoms with Gasteiger partial charge in [0, 0.05) is 12.5 Å². The number of nitrogens with one attached hydrogen (secondary N) is 1. The van der Waals surface area contributed by atoms with Crippen molar-refractivity contribution in [2.45, 2.75) is 57.0 Å². The van der Waals surface area contributed by atoms with E-state index < -0.39 is 11.7 Å². The van der Waals surface area contributed by atoms with E-state index in [1.807, 2.05) is 31.2 Å². The zero-order chi connectivity index (χ0) is 20.3. The molecule has 29 heavy (non-hydrogen) atoms. The SMILES string of the molecule is CC(O)(CNC(=O)OCC1c2ccccc2-c2ccccc21)C1CCCCCC1. The van der Waals surface area contributed by atoms with Gasteiger partial charge in [0.1, 0.15) is 6.61 Å². The normalized spacial score (nSPS) is 19.0. The number of hydrogen-bond donors (Lipinski definition) is 2. The van der Waals surface area contributed by atoms with E-state index in [1.165, 1.54) is 35.1 Å². The molecule has 1 fully saturated rings. The Morgan fingerprint density at radius 1 is 1.00 bits per heavy atom. The molecular weight excluding hydrogens is 362 g/mol. The maximum atomic E-state index is 12.4. The van der Waals surface area contributed by atoms with Crippen LogP contribution in [0.25, 0.3) is 11.1 Å². The first kappa shape index (κ1) is 20.0. The highest BCUT2D eigenvalue weighted by Crippen LogP contribution is 2.44. The number of alkyl carbamates (subject to hydrolysis) is 1. The minimum absolute atomic E-state index is 0.0514. The van der Waals surface area contributed by atoms with Gasteiger partial charge in [-0.3, -0.25) is 0 Å². The van der Waals surface area contributed by atoms with Crippen LogP contribution < -0.4 is 5.32 Å². The van der Waals surface area contributed by atoms with Crippen molar-refractivity contribution in [2.75, 3.05) is 13.2 Å². The fourth-order valence-corrected chi connectivity index (χ4v) is 4.95. The van der Waals surface area contributed by atoms with E-state index >= 15 is 0 Å². The van der Waals surface area contributed by atoms with Gasteiger partial charge in [-0.1, -0.05) is 74.2 Å². The molecule has 1 saturated carbocycles. The summed E-state index contributed by atoms with van der Waals surface area (Å²) in [6.45, 7) is 2.37. The number of rotatable bonds is 5. The van der Waals surface area contributed by atoms with Gasteiger partial charge >= 0.3 is 6.09 Å². The van der Waals surface area contributed by atoms with E-state index in [0.29, 0.717) is 6.61 Å². The van der Waals surface area contributed by atoms with Crippen molar-refractivity contribution in [1.82, 2.24) is 5.32 Å². The van der Waals surface area contributed by atoms with E-state index in [9.17, 15) is 9.90 Å². The molecule has 2 aromatic carbocycles. The molecular formula is C25H31NO3. The summed E-state index contributed by atoms with van der Waals surface area (Å²) in [6.07, 6.45) is 6.40. The molecule has 4 heteroatoms. The lowest BCUT2D eigenvalue weighted by Crippen LogP contribution is -2.46. The molecule has 2 N–H and O–H groups in total. The fraction of sp³-hybridized carbons (Fsp3) is 0.480. The average Bonchev–Trinajstić information content (AvgIpc) is 2.88. The molecule has 0 aromatic heterocycles. The van der Waals surface area contributed by atoms with Crippen LogP contribution in [0.1, 0.15) is 62.5 Å². The maximum absolute atomic E-state index is 12.4. The zero-order valence-corrected chi connectivity index (χ0v) is 17.2. The third kappa shape index (κ3) is 4.32. The molecule has 0 heterocycles. The van der Waals surface area contributed by atoms with Crippen LogP contribution in [-0.4, -0.2) is 30.0 Å². The summed E-state index contributed by atoms with van der Waals surface area (Å²) < 4.78 is 5.59. The van der Waals surface area contributed by atoms with Gasteiger partial charge in [0.15, 0.2) is 0 Å². The van der Waals surface area contributed by atoms with Crippen LogP contribution in [0.4, 0.5) is 4.79 Å². The monoisotopic (exact) mass is 393 g/mol. The summed E-state index contributed by atoms with van der Waals surface area (Å²) in [5.41, 5.74) is 3.94. The van der Waals surface area contributed by atoms with E-state index in [-0.39, 0.29) is 18.4 Å². The summed E-state index contributed by atoms with van der Waals surface area (Å²) in [7, 11) is 0. The van der Waals surface area contributed by atoms with Crippen molar-refractivity contribution >= 4 is 6.09 Å². The quantitative estimate of drug-likeness (QED) is 0.683. The topological polar surface area (TPSA) is 58.6 Å². The zero-order valence-electron chi connectivity index (χ0n) is 17.2. The Morgan fingerprint density at radius 2 is 1.55 bits per heavy atom. The Bertz CT molecular complexity index is 807. The van der Waals surface area contributed by atoms with E-state index in [0.717, 1.165) is 25.7 Å². The largest absolute Gasteiger partial charge is 0.449 e. The second kappa shape index (κ2) is 8.58. The molecule has 2 aliphatic carbocycles. The van der Waals surface area contributed by atoms with Crippen molar-refractivity contribution in [3.63, 3.8) is 0 Å². The molecule has 0 aliphatic heterocycles. The lowest BCUT2D eigenvalue weighted by atomic mass is 9.83. The molecule has 0 bridgehead atoms. The molecule has 0 spiro atoms. The van der Waals surface area contributed by atoms with Crippen molar-refractivity contribution in [1.29, 1.82) is 0 Å². The minimum atomic E-state index is -0.893. The number of ether oxygens (including phenoxy) is 1. The van der Waals surface area contributed by atoms with Crippen molar-refractivity contribution in [3.05, 3.63) is 59.7 Å². The predicted octanol–water partition coefficient (Wildman–Crippen LogP) is 5.25. The van der Waals surface area contributed by atoms with Crippen LogP contribution in [0.3, 0.4) is 0 Å². The maximum Gasteiger partial charge on any atom is 0.407 e. The Morgan fingerprint density at radius 3 is 2.14 bits per heavy atom. The molecule has 4 rings (SSSR count). The molecule has 4 nitrogen and oxygen atoms in total. The van der Waals surface area contributed by atoms with Crippen LogP contribution >= 0.6 is 0 Å². The highest BCUT2D eigenvalue weighted by molar-refractivity contribution is 5.79. The third-order valence-corrected chi connectivity index (χ3v) is 6.67. The van der Waals surface area contributed by atoms with Crippen molar-refractivity contribution < 1.29 is 14.6 Å². The van der Waals surface area contributed by atoms with Crippen LogP contribution in [0.15, 0.2) is 48.5 Å². The first-order valence-electron chi connectivity index (χ1n) is 10.9. The van der Waals surface area contributed by atoms with Gasteiger partial charge in [-0.15, -0.1) is 0 Å². The van der Waals surface area contributed by atoms with Crippen LogP contribution in [0, 0.1) is 5.92 Å². The average molecular weight is 394 g/mol. The summed E-state index contributed by atoms with van der Waals surface area (Å²) in [6, 6.07) is 16.6. The third-order valence-electron chi connectivity index (χ3n) is 6.67. The van der Waals surface area contributed by atoms with Crippen molar-refractivity contribution in [2.24, 2.45) is 5.92 Å². The first-order valence-corrected chi connectivity index (χ1v) is 10.9. The molecule has 2 aliphatic rings. The van der Waals surface area contributed by atoms with E-state index in [4.69, 9.17) is 4.74 Å². The summed E-state index contributed by atoms with van der Waals surface area (Å²) in [4.78, 5) is 12.4. The van der Waals surface area contributed by atoms with Gasteiger partial charge in [0.05, 0.1) is 5.60 Å². The van der Waals surface area contributed by atoms with Gasteiger partial charge in [-0.2, -0.15) is 0 Å². The number of aliphatic hydroxyl groups is 1. The molecule has 0 radical (unpaired) electrons. The first-order chi connectivity index (χ1) is 14.1. The van der Waals surface area contributed by atoms with Gasteiger partial charge < -0.3 is 15.2 Å². The molecule has 154 valence electrons. The van der Waals surface area contributed by atoms with Gasteiger partial charge in [-0.05, 0) is 47.9 Å². The number of carbonyl (C=O) groups is 1. The standard InChI is InChI=1S/C25H31NO3/c1-25(28,18-10-4-2-3-5-11-18)17-26-24(27)29-16-23-21-14-8-6-12-19(21)20-13-7-9-15-22(20)23/h6-9,12-15,18,23,28H,2-5,10-11,16-17H2,1H3,(H,26,27). The predicted molar refractivity (Wildman–Crippen MR) is 115 cm³/mol. The molecule has 1 amide bonds. The summed E-state index contributed by atoms with van der Waals surface area (Å²) in [5, 5.41) is 13.7. The van der Waals surface area contributed by atoms with E-state index in [2.05, 4.69) is 29.6 Å². The summed E-state index contributed by atoms with van der Waals surface area (Å²) >= 11 is 0. The smallest absolute Gasteiger partial charge is 0.407 e. The molecule has 2 aromatic rings. The number of hydrogen-bond acceptors (Lipinski definition) is 3. The molecule has 0 saturated heterocycles. The molecule has 1 unspecified atom stereocenters. The van der Waals surface area contributed by atoms with Gasteiger partial charge in [0.25, 0.3) is 0 Å². The highest BCUT2D eigenvalue weighted by atomic mass is 16.5. The van der Waals surface area contributed by atoms with Gasteiger partial charge in [-0.25, -0.2) is 4.79 Å². The number of amides is 1. The Kier molecular flexibility index (Phi) is 5.91.